The van der Waals surface area contributed by atoms with Gasteiger partial charge < -0.3 is 5.32 Å². The topological polar surface area (TPSA) is 42.7 Å². The van der Waals surface area contributed by atoms with Gasteiger partial charge in [-0.2, -0.15) is 0 Å². The summed E-state index contributed by atoms with van der Waals surface area (Å²) < 4.78 is 1.72. The zero-order valence-corrected chi connectivity index (χ0v) is 8.33. The summed E-state index contributed by atoms with van der Waals surface area (Å²) in [5, 5.41) is 11.2. The molecule has 1 saturated carbocycles. The van der Waals surface area contributed by atoms with Gasteiger partial charge in [0.05, 0.1) is 11.6 Å². The lowest BCUT2D eigenvalue weighted by atomic mass is 10.2. The maximum atomic E-state index is 6.13. The van der Waals surface area contributed by atoms with Crippen LogP contribution in [-0.4, -0.2) is 26.4 Å². The second-order valence-corrected chi connectivity index (χ2v) is 4.00. The molecule has 1 heterocycles. The number of aromatic nitrogens is 3. The number of aryl methyl sites for hydroxylation is 1. The molecule has 2 rings (SSSR count). The maximum absolute atomic E-state index is 6.13. The third-order valence-electron chi connectivity index (χ3n) is 2.48. The Labute approximate surface area is 82.3 Å². The first-order chi connectivity index (χ1) is 6.27. The van der Waals surface area contributed by atoms with Crippen LogP contribution in [-0.2, 0) is 7.05 Å². The summed E-state index contributed by atoms with van der Waals surface area (Å²) in [5.41, 5.74) is 0. The van der Waals surface area contributed by atoms with E-state index < -0.39 is 0 Å². The van der Waals surface area contributed by atoms with Crippen molar-refractivity contribution in [3.05, 3.63) is 6.20 Å². The first-order valence-corrected chi connectivity index (χ1v) is 4.96. The highest BCUT2D eigenvalue weighted by molar-refractivity contribution is 6.21. The van der Waals surface area contributed by atoms with Crippen molar-refractivity contribution in [2.75, 3.05) is 5.32 Å². The Hall–Kier alpha value is -0.770. The number of alkyl halides is 1. The van der Waals surface area contributed by atoms with Gasteiger partial charge in [0.25, 0.3) is 0 Å². The first-order valence-electron chi connectivity index (χ1n) is 4.52. The number of hydrogen-bond acceptors (Lipinski definition) is 3. The van der Waals surface area contributed by atoms with Gasteiger partial charge in [0, 0.05) is 13.1 Å². The van der Waals surface area contributed by atoms with E-state index in [-0.39, 0.29) is 5.38 Å². The molecule has 5 heteroatoms. The minimum Gasteiger partial charge on any atom is -0.365 e. The SMILES string of the molecule is Cn1nncc1NC1CCCC1Cl. The lowest BCUT2D eigenvalue weighted by molar-refractivity contribution is 0.692. The van der Waals surface area contributed by atoms with Crippen LogP contribution >= 0.6 is 11.6 Å². The van der Waals surface area contributed by atoms with Crippen molar-refractivity contribution < 1.29 is 0 Å². The number of anilines is 1. The van der Waals surface area contributed by atoms with Crippen LogP contribution in [0.1, 0.15) is 19.3 Å². The zero-order valence-electron chi connectivity index (χ0n) is 7.57. The smallest absolute Gasteiger partial charge is 0.144 e. The lowest BCUT2D eigenvalue weighted by Crippen LogP contribution is -2.25. The van der Waals surface area contributed by atoms with E-state index in [1.54, 1.807) is 10.9 Å². The van der Waals surface area contributed by atoms with Gasteiger partial charge in [-0.3, -0.25) is 0 Å². The van der Waals surface area contributed by atoms with E-state index in [1.165, 1.54) is 6.42 Å². The summed E-state index contributed by atoms with van der Waals surface area (Å²) in [5.74, 6) is 0.942. The molecule has 1 N–H and O–H groups in total. The van der Waals surface area contributed by atoms with Crippen molar-refractivity contribution in [3.63, 3.8) is 0 Å². The maximum Gasteiger partial charge on any atom is 0.144 e. The van der Waals surface area contributed by atoms with E-state index in [9.17, 15) is 0 Å². The van der Waals surface area contributed by atoms with Crippen LogP contribution in [0, 0.1) is 0 Å². The van der Waals surface area contributed by atoms with E-state index in [0.717, 1.165) is 18.7 Å². The van der Waals surface area contributed by atoms with Gasteiger partial charge in [-0.25, -0.2) is 4.68 Å². The molecule has 0 spiro atoms. The van der Waals surface area contributed by atoms with Gasteiger partial charge in [-0.15, -0.1) is 16.7 Å². The minimum atomic E-state index is 0.245. The summed E-state index contributed by atoms with van der Waals surface area (Å²) in [6.45, 7) is 0. The predicted molar refractivity (Wildman–Crippen MR) is 51.9 cm³/mol. The number of rotatable bonds is 2. The minimum absolute atomic E-state index is 0.245. The normalized spacial score (nSPS) is 27.8. The first kappa shape index (κ1) is 8.81. The Bertz CT molecular complexity index is 285. The highest BCUT2D eigenvalue weighted by Crippen LogP contribution is 2.26. The van der Waals surface area contributed by atoms with Crippen molar-refractivity contribution in [1.82, 2.24) is 15.0 Å². The number of hydrogen-bond donors (Lipinski definition) is 1. The fourth-order valence-corrected chi connectivity index (χ4v) is 2.03. The van der Waals surface area contributed by atoms with Gasteiger partial charge >= 0.3 is 0 Å². The fourth-order valence-electron chi connectivity index (χ4n) is 1.69. The Morgan fingerprint density at radius 3 is 3.00 bits per heavy atom. The van der Waals surface area contributed by atoms with E-state index in [4.69, 9.17) is 11.6 Å². The van der Waals surface area contributed by atoms with Gasteiger partial charge in [0.1, 0.15) is 5.82 Å². The lowest BCUT2D eigenvalue weighted by Gasteiger charge is -2.16. The molecule has 2 unspecified atom stereocenters. The second kappa shape index (κ2) is 3.54. The van der Waals surface area contributed by atoms with Crippen LogP contribution in [0.25, 0.3) is 0 Å². The average molecular weight is 201 g/mol. The zero-order chi connectivity index (χ0) is 9.26. The van der Waals surface area contributed by atoms with E-state index >= 15 is 0 Å². The molecule has 72 valence electrons. The van der Waals surface area contributed by atoms with Crippen molar-refractivity contribution in [2.45, 2.75) is 30.7 Å². The molecule has 1 aliphatic rings. The van der Waals surface area contributed by atoms with Crippen LogP contribution in [0.2, 0.25) is 0 Å². The third-order valence-corrected chi connectivity index (χ3v) is 3.00. The number of halogens is 1. The van der Waals surface area contributed by atoms with Crippen molar-refractivity contribution in [1.29, 1.82) is 0 Å². The summed E-state index contributed by atoms with van der Waals surface area (Å²) in [4.78, 5) is 0. The molecule has 1 aromatic heterocycles. The third kappa shape index (κ3) is 1.77. The second-order valence-electron chi connectivity index (χ2n) is 3.44. The van der Waals surface area contributed by atoms with Crippen LogP contribution in [0.15, 0.2) is 6.20 Å². The summed E-state index contributed by atoms with van der Waals surface area (Å²) in [6, 6.07) is 0.374. The average Bonchev–Trinajstić information content (AvgIpc) is 2.65. The Balaban J connectivity index is 2.01. The molecule has 0 aromatic carbocycles. The van der Waals surface area contributed by atoms with Crippen LogP contribution in [0.5, 0.6) is 0 Å². The molecule has 1 aliphatic carbocycles. The summed E-state index contributed by atoms with van der Waals surface area (Å²) in [6.07, 6.45) is 5.17. The predicted octanol–water partition coefficient (Wildman–Crippen LogP) is 1.39. The molecule has 2 atom stereocenters. The molecule has 4 nitrogen and oxygen atoms in total. The van der Waals surface area contributed by atoms with Crippen LogP contribution < -0.4 is 5.32 Å². The van der Waals surface area contributed by atoms with Gasteiger partial charge in [-0.1, -0.05) is 5.21 Å². The summed E-state index contributed by atoms with van der Waals surface area (Å²) in [7, 11) is 1.87. The molecular weight excluding hydrogens is 188 g/mol. The monoisotopic (exact) mass is 200 g/mol. The number of nitrogens with one attached hydrogen (secondary N) is 1. The van der Waals surface area contributed by atoms with Gasteiger partial charge in [-0.05, 0) is 19.3 Å². The Morgan fingerprint density at radius 1 is 1.62 bits per heavy atom. The van der Waals surface area contributed by atoms with Crippen molar-refractivity contribution in [3.8, 4) is 0 Å². The molecule has 13 heavy (non-hydrogen) atoms. The molecule has 0 amide bonds. The van der Waals surface area contributed by atoms with Gasteiger partial charge in [0.2, 0.25) is 0 Å². The highest BCUT2D eigenvalue weighted by atomic mass is 35.5. The van der Waals surface area contributed by atoms with Crippen LogP contribution in [0.3, 0.4) is 0 Å². The molecule has 1 fully saturated rings. The fraction of sp³-hybridized carbons (Fsp3) is 0.750. The van der Waals surface area contributed by atoms with Crippen molar-refractivity contribution in [2.24, 2.45) is 7.05 Å². The van der Waals surface area contributed by atoms with Gasteiger partial charge in [0.15, 0.2) is 0 Å². The molecular formula is C8H13ClN4. The quantitative estimate of drug-likeness (QED) is 0.734. The number of nitrogens with zero attached hydrogens (tertiary/aromatic N) is 3. The Morgan fingerprint density at radius 2 is 2.46 bits per heavy atom. The standard InChI is InChI=1S/C8H13ClN4/c1-13-8(5-10-12-13)11-7-4-2-3-6(7)9/h5-7,11H,2-4H2,1H3. The molecule has 0 saturated heterocycles. The molecule has 0 aliphatic heterocycles. The van der Waals surface area contributed by atoms with Crippen molar-refractivity contribution >= 4 is 17.4 Å². The van der Waals surface area contributed by atoms with Crippen LogP contribution in [0.4, 0.5) is 5.82 Å². The molecule has 1 aromatic rings. The summed E-state index contributed by atoms with van der Waals surface area (Å²) >= 11 is 6.13. The van der Waals surface area contributed by atoms with E-state index in [1.807, 2.05) is 7.05 Å². The largest absolute Gasteiger partial charge is 0.365 e. The highest BCUT2D eigenvalue weighted by Gasteiger charge is 2.25. The molecule has 0 radical (unpaired) electrons. The Kier molecular flexibility index (Phi) is 2.40. The molecule has 0 bridgehead atoms. The van der Waals surface area contributed by atoms with E-state index in [0.29, 0.717) is 6.04 Å². The van der Waals surface area contributed by atoms with E-state index in [2.05, 4.69) is 15.6 Å².